The molecule has 7 heteroatoms. The standard InChI is InChI=1S/C26H33BrN4O2/c1-15(2)22-21(14-19-18-13-17(27)7-8-20(18)30-25(19)32)29-24(16(3)4)23(22)26(33)28-9-12-31-10-5-6-11-31/h7-8,13-16,29H,5-6,9-12H2,1-4H3,(H,28,33)(H,30,32). The zero-order valence-electron chi connectivity index (χ0n) is 19.8. The highest BCUT2D eigenvalue weighted by atomic mass is 79.9. The lowest BCUT2D eigenvalue weighted by molar-refractivity contribution is -0.110. The number of anilines is 1. The molecule has 0 unspecified atom stereocenters. The Morgan fingerprint density at radius 1 is 1.18 bits per heavy atom. The summed E-state index contributed by atoms with van der Waals surface area (Å²) in [4.78, 5) is 32.0. The molecule has 176 valence electrons. The van der Waals surface area contributed by atoms with E-state index in [1.165, 1.54) is 12.8 Å². The van der Waals surface area contributed by atoms with Crippen LogP contribution in [0.15, 0.2) is 22.7 Å². The van der Waals surface area contributed by atoms with Crippen LogP contribution in [0.25, 0.3) is 11.6 Å². The molecule has 3 N–H and O–H groups in total. The second kappa shape index (κ2) is 9.85. The van der Waals surface area contributed by atoms with Crippen molar-refractivity contribution in [1.82, 2.24) is 15.2 Å². The topological polar surface area (TPSA) is 77.2 Å². The molecule has 0 spiro atoms. The van der Waals surface area contributed by atoms with Gasteiger partial charge in [0.15, 0.2) is 0 Å². The fourth-order valence-electron chi connectivity index (χ4n) is 4.82. The van der Waals surface area contributed by atoms with Gasteiger partial charge in [0.2, 0.25) is 0 Å². The third-order valence-electron chi connectivity index (χ3n) is 6.45. The van der Waals surface area contributed by atoms with E-state index in [0.717, 1.165) is 57.9 Å². The molecule has 4 rings (SSSR count). The number of carbonyl (C=O) groups is 2. The van der Waals surface area contributed by atoms with Crippen LogP contribution in [0.2, 0.25) is 0 Å². The molecule has 1 saturated heterocycles. The SMILES string of the molecule is CC(C)c1[nH]c(C=C2C(=O)Nc3ccc(Br)cc32)c(C(C)C)c1C(=O)NCCN1CCCC1. The second-order valence-electron chi connectivity index (χ2n) is 9.56. The Morgan fingerprint density at radius 2 is 1.91 bits per heavy atom. The molecule has 0 bridgehead atoms. The Kier molecular flexibility index (Phi) is 7.10. The van der Waals surface area contributed by atoms with Gasteiger partial charge in [0.25, 0.3) is 11.8 Å². The van der Waals surface area contributed by atoms with E-state index in [4.69, 9.17) is 0 Å². The van der Waals surface area contributed by atoms with Crippen LogP contribution in [0, 0.1) is 0 Å². The van der Waals surface area contributed by atoms with Gasteiger partial charge in [0.05, 0.1) is 11.1 Å². The number of carbonyl (C=O) groups excluding carboxylic acids is 2. The largest absolute Gasteiger partial charge is 0.358 e. The van der Waals surface area contributed by atoms with Crippen molar-refractivity contribution in [3.05, 3.63) is 50.8 Å². The molecule has 0 radical (unpaired) electrons. The highest BCUT2D eigenvalue weighted by Crippen LogP contribution is 2.38. The van der Waals surface area contributed by atoms with Crippen LogP contribution in [0.1, 0.15) is 85.2 Å². The van der Waals surface area contributed by atoms with Crippen LogP contribution in [-0.2, 0) is 4.79 Å². The smallest absolute Gasteiger partial charge is 0.256 e. The molecule has 6 nitrogen and oxygen atoms in total. The lowest BCUT2D eigenvalue weighted by Gasteiger charge is -2.16. The first-order chi connectivity index (χ1) is 15.8. The lowest BCUT2D eigenvalue weighted by Crippen LogP contribution is -2.34. The molecule has 2 amide bonds. The summed E-state index contributed by atoms with van der Waals surface area (Å²) in [6, 6.07) is 5.76. The quantitative estimate of drug-likeness (QED) is 0.438. The maximum absolute atomic E-state index is 13.4. The fourth-order valence-corrected chi connectivity index (χ4v) is 5.18. The Balaban J connectivity index is 1.70. The normalized spacial score (nSPS) is 17.3. The highest BCUT2D eigenvalue weighted by Gasteiger charge is 2.29. The number of aromatic nitrogens is 1. The first-order valence-corrected chi connectivity index (χ1v) is 12.6. The Bertz CT molecular complexity index is 1090. The van der Waals surface area contributed by atoms with Crippen LogP contribution >= 0.6 is 15.9 Å². The van der Waals surface area contributed by atoms with Gasteiger partial charge in [0.1, 0.15) is 0 Å². The molecule has 0 atom stereocenters. The molecule has 2 aliphatic rings. The van der Waals surface area contributed by atoms with E-state index in [2.05, 4.69) is 64.1 Å². The van der Waals surface area contributed by atoms with Crippen LogP contribution in [0.3, 0.4) is 0 Å². The maximum atomic E-state index is 13.4. The molecular weight excluding hydrogens is 480 g/mol. The van der Waals surface area contributed by atoms with Crippen molar-refractivity contribution in [2.24, 2.45) is 0 Å². The van der Waals surface area contributed by atoms with Gasteiger partial charge < -0.3 is 20.5 Å². The van der Waals surface area contributed by atoms with Gasteiger partial charge in [-0.3, -0.25) is 9.59 Å². The molecule has 2 aliphatic heterocycles. The number of amides is 2. The molecule has 2 aromatic rings. The summed E-state index contributed by atoms with van der Waals surface area (Å²) in [7, 11) is 0. The number of rotatable bonds is 7. The average Bonchev–Trinajstić information content (AvgIpc) is 3.47. The molecule has 0 saturated carbocycles. The molecule has 1 aromatic heterocycles. The number of H-pyrrole nitrogens is 1. The summed E-state index contributed by atoms with van der Waals surface area (Å²) in [6.07, 6.45) is 4.38. The van der Waals surface area contributed by atoms with Gasteiger partial charge in [-0.05, 0) is 67.6 Å². The number of fused-ring (bicyclic) bond motifs is 1. The van der Waals surface area contributed by atoms with E-state index in [0.29, 0.717) is 12.1 Å². The first-order valence-electron chi connectivity index (χ1n) is 11.9. The molecule has 1 aromatic carbocycles. The van der Waals surface area contributed by atoms with E-state index in [9.17, 15) is 9.59 Å². The number of nitrogens with one attached hydrogen (secondary N) is 3. The molecule has 3 heterocycles. The van der Waals surface area contributed by atoms with Crippen molar-refractivity contribution >= 4 is 45.1 Å². The number of benzene rings is 1. The van der Waals surface area contributed by atoms with E-state index in [1.807, 2.05) is 24.3 Å². The Labute approximate surface area is 204 Å². The minimum absolute atomic E-state index is 0.0403. The molecule has 1 fully saturated rings. The number of nitrogens with zero attached hydrogens (tertiary/aromatic N) is 1. The van der Waals surface area contributed by atoms with Crippen LogP contribution in [0.4, 0.5) is 5.69 Å². The van der Waals surface area contributed by atoms with Crippen molar-refractivity contribution in [1.29, 1.82) is 0 Å². The number of halogens is 1. The predicted molar refractivity (Wildman–Crippen MR) is 138 cm³/mol. The average molecular weight is 513 g/mol. The third-order valence-corrected chi connectivity index (χ3v) is 6.94. The minimum atomic E-state index is -0.130. The van der Waals surface area contributed by atoms with Gasteiger partial charge in [-0.1, -0.05) is 43.6 Å². The van der Waals surface area contributed by atoms with Gasteiger partial charge in [0, 0.05) is 40.2 Å². The van der Waals surface area contributed by atoms with Crippen LogP contribution in [0.5, 0.6) is 0 Å². The maximum Gasteiger partial charge on any atom is 0.256 e. The van der Waals surface area contributed by atoms with E-state index < -0.39 is 0 Å². The number of aromatic amines is 1. The van der Waals surface area contributed by atoms with Crippen LogP contribution in [-0.4, -0.2) is 47.9 Å². The summed E-state index contributed by atoms with van der Waals surface area (Å²) < 4.78 is 0.917. The van der Waals surface area contributed by atoms with Crippen molar-refractivity contribution in [2.45, 2.75) is 52.4 Å². The van der Waals surface area contributed by atoms with E-state index in [1.54, 1.807) is 0 Å². The summed E-state index contributed by atoms with van der Waals surface area (Å²) in [6.45, 7) is 12.1. The van der Waals surface area contributed by atoms with Crippen molar-refractivity contribution in [3.63, 3.8) is 0 Å². The van der Waals surface area contributed by atoms with Gasteiger partial charge >= 0.3 is 0 Å². The third kappa shape index (κ3) is 4.94. The predicted octanol–water partition coefficient (Wildman–Crippen LogP) is 5.34. The fraction of sp³-hybridized carbons (Fsp3) is 0.462. The summed E-state index contributed by atoms with van der Waals surface area (Å²) in [5.41, 5.74) is 5.69. The van der Waals surface area contributed by atoms with E-state index in [-0.39, 0.29) is 23.7 Å². The zero-order valence-corrected chi connectivity index (χ0v) is 21.4. The minimum Gasteiger partial charge on any atom is -0.358 e. The lowest BCUT2D eigenvalue weighted by atomic mass is 9.93. The molecule has 0 aliphatic carbocycles. The zero-order chi connectivity index (χ0) is 23.7. The van der Waals surface area contributed by atoms with Crippen LogP contribution < -0.4 is 10.6 Å². The highest BCUT2D eigenvalue weighted by molar-refractivity contribution is 9.10. The van der Waals surface area contributed by atoms with Crippen molar-refractivity contribution in [2.75, 3.05) is 31.5 Å². The summed E-state index contributed by atoms with van der Waals surface area (Å²) >= 11 is 3.51. The van der Waals surface area contributed by atoms with Gasteiger partial charge in [-0.15, -0.1) is 0 Å². The van der Waals surface area contributed by atoms with Gasteiger partial charge in [-0.2, -0.15) is 0 Å². The number of likely N-dealkylation sites (tertiary alicyclic amines) is 1. The molecule has 33 heavy (non-hydrogen) atoms. The van der Waals surface area contributed by atoms with Crippen molar-refractivity contribution in [3.8, 4) is 0 Å². The van der Waals surface area contributed by atoms with Gasteiger partial charge in [-0.25, -0.2) is 0 Å². The second-order valence-corrected chi connectivity index (χ2v) is 10.5. The monoisotopic (exact) mass is 512 g/mol. The summed E-state index contributed by atoms with van der Waals surface area (Å²) in [5, 5.41) is 6.09. The Hall–Kier alpha value is -2.38. The molecular formula is C26H33BrN4O2. The number of hydrogen-bond acceptors (Lipinski definition) is 3. The number of hydrogen-bond donors (Lipinski definition) is 3. The van der Waals surface area contributed by atoms with Crippen molar-refractivity contribution < 1.29 is 9.59 Å². The first kappa shape index (κ1) is 23.8. The Morgan fingerprint density at radius 3 is 2.58 bits per heavy atom. The summed E-state index contributed by atoms with van der Waals surface area (Å²) in [5.74, 6) is 0.0934. The van der Waals surface area contributed by atoms with E-state index >= 15 is 0 Å².